The highest BCUT2D eigenvalue weighted by Crippen LogP contribution is 2.27. The summed E-state index contributed by atoms with van der Waals surface area (Å²) in [6.45, 7) is 2.19. The molecule has 1 fully saturated rings. The molecule has 21 heavy (non-hydrogen) atoms. The van der Waals surface area contributed by atoms with Gasteiger partial charge < -0.3 is 14.7 Å². The van der Waals surface area contributed by atoms with Gasteiger partial charge in [0.15, 0.2) is 0 Å². The van der Waals surface area contributed by atoms with Gasteiger partial charge in [-0.05, 0) is 31.9 Å². The Labute approximate surface area is 123 Å². The smallest absolute Gasteiger partial charge is 0.323 e. The van der Waals surface area contributed by atoms with Crippen molar-refractivity contribution >= 4 is 18.0 Å². The SMILES string of the molecule is CCOc1ccccc1/C=C/C(=O)N(CC(=O)O)C1CC1. The molecule has 0 saturated heterocycles. The van der Waals surface area contributed by atoms with E-state index in [-0.39, 0.29) is 18.5 Å². The van der Waals surface area contributed by atoms with Gasteiger partial charge in [0.2, 0.25) is 5.91 Å². The summed E-state index contributed by atoms with van der Waals surface area (Å²) in [4.78, 5) is 24.4. The van der Waals surface area contributed by atoms with E-state index in [0.29, 0.717) is 12.4 Å². The maximum Gasteiger partial charge on any atom is 0.323 e. The maximum atomic E-state index is 12.1. The number of para-hydroxylation sites is 1. The molecular weight excluding hydrogens is 270 g/mol. The summed E-state index contributed by atoms with van der Waals surface area (Å²) in [5.41, 5.74) is 0.804. The van der Waals surface area contributed by atoms with E-state index in [4.69, 9.17) is 9.84 Å². The lowest BCUT2D eigenvalue weighted by atomic mass is 10.2. The van der Waals surface area contributed by atoms with Crippen molar-refractivity contribution in [1.82, 2.24) is 4.90 Å². The first-order valence-corrected chi connectivity index (χ1v) is 7.04. The van der Waals surface area contributed by atoms with E-state index in [1.807, 2.05) is 31.2 Å². The summed E-state index contributed by atoms with van der Waals surface area (Å²) in [5, 5.41) is 8.87. The number of carboxylic acid groups (broad SMARTS) is 1. The Morgan fingerprint density at radius 1 is 1.38 bits per heavy atom. The predicted molar refractivity (Wildman–Crippen MR) is 79.0 cm³/mol. The lowest BCUT2D eigenvalue weighted by molar-refractivity contribution is -0.143. The monoisotopic (exact) mass is 289 g/mol. The Kier molecular flexibility index (Phi) is 4.98. The van der Waals surface area contributed by atoms with Crippen LogP contribution in [0.25, 0.3) is 6.08 Å². The van der Waals surface area contributed by atoms with Gasteiger partial charge in [-0.3, -0.25) is 9.59 Å². The average molecular weight is 289 g/mol. The molecule has 1 saturated carbocycles. The number of rotatable bonds is 7. The molecule has 0 unspecified atom stereocenters. The molecular formula is C16H19NO4. The second kappa shape index (κ2) is 6.92. The molecule has 0 aromatic heterocycles. The molecule has 1 aromatic rings. The molecule has 5 heteroatoms. The number of amides is 1. The van der Waals surface area contributed by atoms with Crippen LogP contribution in [0.1, 0.15) is 25.3 Å². The van der Waals surface area contributed by atoms with E-state index in [9.17, 15) is 9.59 Å². The second-order valence-corrected chi connectivity index (χ2v) is 4.90. The molecule has 2 rings (SSSR count). The van der Waals surface area contributed by atoms with Crippen molar-refractivity contribution in [3.8, 4) is 5.75 Å². The highest BCUT2D eigenvalue weighted by atomic mass is 16.5. The minimum atomic E-state index is -0.988. The first kappa shape index (κ1) is 15.1. The molecule has 5 nitrogen and oxygen atoms in total. The van der Waals surface area contributed by atoms with E-state index >= 15 is 0 Å². The van der Waals surface area contributed by atoms with Gasteiger partial charge in [0.25, 0.3) is 0 Å². The zero-order chi connectivity index (χ0) is 15.2. The number of aliphatic carboxylic acids is 1. The molecule has 0 bridgehead atoms. The summed E-state index contributed by atoms with van der Waals surface area (Å²) in [6, 6.07) is 7.49. The van der Waals surface area contributed by atoms with Gasteiger partial charge in [-0.15, -0.1) is 0 Å². The Balaban J connectivity index is 2.08. The zero-order valence-corrected chi connectivity index (χ0v) is 12.0. The fraction of sp³-hybridized carbons (Fsp3) is 0.375. The van der Waals surface area contributed by atoms with Gasteiger partial charge in [0.05, 0.1) is 6.61 Å². The molecule has 112 valence electrons. The number of benzene rings is 1. The Morgan fingerprint density at radius 2 is 2.10 bits per heavy atom. The number of carbonyl (C=O) groups is 2. The molecule has 1 N–H and O–H groups in total. The van der Waals surface area contributed by atoms with E-state index in [1.165, 1.54) is 11.0 Å². The zero-order valence-electron chi connectivity index (χ0n) is 12.0. The first-order valence-electron chi connectivity index (χ1n) is 7.04. The minimum Gasteiger partial charge on any atom is -0.493 e. The van der Waals surface area contributed by atoms with E-state index in [0.717, 1.165) is 18.4 Å². The van der Waals surface area contributed by atoms with E-state index in [1.54, 1.807) is 6.08 Å². The van der Waals surface area contributed by atoms with Crippen molar-refractivity contribution in [2.24, 2.45) is 0 Å². The fourth-order valence-electron chi connectivity index (χ4n) is 2.08. The van der Waals surface area contributed by atoms with E-state index in [2.05, 4.69) is 0 Å². The normalized spacial score (nSPS) is 14.1. The van der Waals surface area contributed by atoms with Gasteiger partial charge in [0, 0.05) is 17.7 Å². The maximum absolute atomic E-state index is 12.1. The van der Waals surface area contributed by atoms with E-state index < -0.39 is 5.97 Å². The molecule has 0 atom stereocenters. The Hall–Kier alpha value is -2.30. The third kappa shape index (κ3) is 4.34. The highest BCUT2D eigenvalue weighted by molar-refractivity contribution is 5.94. The van der Waals surface area contributed by atoms with Crippen LogP contribution in [0.4, 0.5) is 0 Å². The number of hydrogen-bond donors (Lipinski definition) is 1. The fourth-order valence-corrected chi connectivity index (χ4v) is 2.08. The topological polar surface area (TPSA) is 66.8 Å². The van der Waals surface area contributed by atoms with Crippen molar-refractivity contribution in [3.05, 3.63) is 35.9 Å². The summed E-state index contributed by atoms with van der Waals surface area (Å²) in [6.07, 6.45) is 4.84. The second-order valence-electron chi connectivity index (χ2n) is 4.90. The van der Waals surface area contributed by atoms with Crippen LogP contribution in [0.3, 0.4) is 0 Å². The first-order chi connectivity index (χ1) is 10.1. The number of nitrogens with zero attached hydrogens (tertiary/aromatic N) is 1. The number of hydrogen-bond acceptors (Lipinski definition) is 3. The van der Waals surface area contributed by atoms with Crippen molar-refractivity contribution < 1.29 is 19.4 Å². The summed E-state index contributed by atoms with van der Waals surface area (Å²) < 4.78 is 5.48. The third-order valence-corrected chi connectivity index (χ3v) is 3.20. The van der Waals surface area contributed by atoms with Crippen molar-refractivity contribution in [3.63, 3.8) is 0 Å². The molecule has 0 aliphatic heterocycles. The Morgan fingerprint density at radius 3 is 2.71 bits per heavy atom. The van der Waals surface area contributed by atoms with Gasteiger partial charge in [0.1, 0.15) is 12.3 Å². The van der Waals surface area contributed by atoms with Crippen LogP contribution in [-0.4, -0.2) is 41.1 Å². The molecule has 1 aromatic carbocycles. The Bertz CT molecular complexity index is 549. The molecule has 0 heterocycles. The van der Waals surface area contributed by atoms with Crippen molar-refractivity contribution in [1.29, 1.82) is 0 Å². The molecule has 0 radical (unpaired) electrons. The number of carbonyl (C=O) groups excluding carboxylic acids is 1. The van der Waals surface area contributed by atoms with Crippen LogP contribution in [0, 0.1) is 0 Å². The lowest BCUT2D eigenvalue weighted by Gasteiger charge is -2.18. The van der Waals surface area contributed by atoms with Gasteiger partial charge in [-0.2, -0.15) is 0 Å². The van der Waals surface area contributed by atoms with Crippen LogP contribution in [0.5, 0.6) is 5.75 Å². The number of ether oxygens (including phenoxy) is 1. The lowest BCUT2D eigenvalue weighted by Crippen LogP contribution is -2.36. The summed E-state index contributed by atoms with van der Waals surface area (Å²) >= 11 is 0. The summed E-state index contributed by atoms with van der Waals surface area (Å²) in [5.74, 6) is -0.551. The molecule has 1 aliphatic rings. The molecule has 1 aliphatic carbocycles. The van der Waals surface area contributed by atoms with Gasteiger partial charge in [-0.25, -0.2) is 0 Å². The van der Waals surface area contributed by atoms with Crippen LogP contribution in [0.15, 0.2) is 30.3 Å². The highest BCUT2D eigenvalue weighted by Gasteiger charge is 2.32. The predicted octanol–water partition coefficient (Wildman–Crippen LogP) is 2.17. The summed E-state index contributed by atoms with van der Waals surface area (Å²) in [7, 11) is 0. The van der Waals surface area contributed by atoms with Crippen molar-refractivity contribution in [2.45, 2.75) is 25.8 Å². The molecule has 0 spiro atoms. The van der Waals surface area contributed by atoms with Crippen LogP contribution in [-0.2, 0) is 9.59 Å². The standard InChI is InChI=1S/C16H19NO4/c1-2-21-14-6-4-3-5-12(14)7-10-15(18)17(11-16(19)20)13-8-9-13/h3-7,10,13H,2,8-9,11H2,1H3,(H,19,20)/b10-7+. The third-order valence-electron chi connectivity index (χ3n) is 3.20. The van der Waals surface area contributed by atoms with Crippen LogP contribution < -0.4 is 4.74 Å². The minimum absolute atomic E-state index is 0.0698. The van der Waals surface area contributed by atoms with Gasteiger partial charge >= 0.3 is 5.97 Å². The average Bonchev–Trinajstić information content (AvgIpc) is 3.28. The van der Waals surface area contributed by atoms with Crippen LogP contribution in [0.2, 0.25) is 0 Å². The van der Waals surface area contributed by atoms with Crippen LogP contribution >= 0.6 is 0 Å². The quantitative estimate of drug-likeness (QED) is 0.781. The van der Waals surface area contributed by atoms with Crippen molar-refractivity contribution in [2.75, 3.05) is 13.2 Å². The molecule has 1 amide bonds. The van der Waals surface area contributed by atoms with Gasteiger partial charge in [-0.1, -0.05) is 18.2 Å². The number of carboxylic acids is 1. The largest absolute Gasteiger partial charge is 0.493 e.